The van der Waals surface area contributed by atoms with Crippen molar-refractivity contribution in [2.45, 2.75) is 12.5 Å². The van der Waals surface area contributed by atoms with Gasteiger partial charge in [0.05, 0.1) is 13.2 Å². The summed E-state index contributed by atoms with van der Waals surface area (Å²) in [7, 11) is 1.73. The topological polar surface area (TPSA) is 24.5 Å². The number of rotatable bonds is 4. The van der Waals surface area contributed by atoms with Crippen molar-refractivity contribution < 1.29 is 4.74 Å². The Morgan fingerprint density at radius 3 is 2.67 bits per heavy atom. The molecule has 140 valence electrons. The monoisotopic (exact) mass is 380 g/mol. The van der Waals surface area contributed by atoms with E-state index in [9.17, 15) is 0 Å². The zero-order valence-corrected chi connectivity index (χ0v) is 16.4. The summed E-state index contributed by atoms with van der Waals surface area (Å²) in [6, 6.07) is 21.3. The number of hydrogen-bond acceptors (Lipinski definition) is 3. The summed E-state index contributed by atoms with van der Waals surface area (Å²) in [5, 5.41) is 6.76. The summed E-state index contributed by atoms with van der Waals surface area (Å²) >= 11 is 6.39. The molecule has 4 heteroatoms. The van der Waals surface area contributed by atoms with Crippen molar-refractivity contribution in [3.05, 3.63) is 76.8 Å². The standard InChI is InChI=1S/C23H25ClN2O/c1-27-22-10-9-20(24)16-21(22)23(26-13-4-11-25-12-14-26)19-8-7-17-5-2-3-6-18(17)15-19/h2-3,5-10,15-16,23,25H,4,11-14H2,1H3. The SMILES string of the molecule is COc1ccc(Cl)cc1C(c1ccc2ccccc2c1)N1CCCNCC1. The minimum absolute atomic E-state index is 0.114. The van der Waals surface area contributed by atoms with Crippen LogP contribution in [0.4, 0.5) is 0 Å². The number of methoxy groups -OCH3 is 1. The van der Waals surface area contributed by atoms with Crippen molar-refractivity contribution >= 4 is 22.4 Å². The van der Waals surface area contributed by atoms with Crippen molar-refractivity contribution in [2.24, 2.45) is 0 Å². The average molecular weight is 381 g/mol. The maximum absolute atomic E-state index is 6.39. The Hall–Kier alpha value is -2.07. The Kier molecular flexibility index (Phi) is 5.63. The molecule has 0 spiro atoms. The molecular formula is C23H25ClN2O. The lowest BCUT2D eigenvalue weighted by molar-refractivity contribution is 0.236. The molecule has 1 N–H and O–H groups in total. The van der Waals surface area contributed by atoms with Crippen LogP contribution in [0.15, 0.2) is 60.7 Å². The number of ether oxygens (including phenoxy) is 1. The fourth-order valence-electron chi connectivity index (χ4n) is 4.01. The van der Waals surface area contributed by atoms with Gasteiger partial charge in [-0.1, -0.05) is 48.0 Å². The molecule has 0 radical (unpaired) electrons. The Morgan fingerprint density at radius 1 is 0.963 bits per heavy atom. The molecule has 0 saturated carbocycles. The third kappa shape index (κ3) is 3.96. The van der Waals surface area contributed by atoms with Gasteiger partial charge in [0.15, 0.2) is 0 Å². The van der Waals surface area contributed by atoms with Crippen molar-refractivity contribution in [1.82, 2.24) is 10.2 Å². The van der Waals surface area contributed by atoms with E-state index in [2.05, 4.69) is 58.7 Å². The molecule has 27 heavy (non-hydrogen) atoms. The maximum Gasteiger partial charge on any atom is 0.124 e. The van der Waals surface area contributed by atoms with Crippen LogP contribution in [0.2, 0.25) is 5.02 Å². The molecular weight excluding hydrogens is 356 g/mol. The predicted octanol–water partition coefficient (Wildman–Crippen LogP) is 4.89. The quantitative estimate of drug-likeness (QED) is 0.697. The van der Waals surface area contributed by atoms with Crippen LogP contribution in [0.1, 0.15) is 23.6 Å². The van der Waals surface area contributed by atoms with Gasteiger partial charge in [0.2, 0.25) is 0 Å². The average Bonchev–Trinajstić information content (AvgIpc) is 2.98. The highest BCUT2D eigenvalue weighted by molar-refractivity contribution is 6.30. The number of nitrogens with zero attached hydrogens (tertiary/aromatic N) is 1. The third-order valence-corrected chi connectivity index (χ3v) is 5.55. The highest BCUT2D eigenvalue weighted by Gasteiger charge is 2.26. The molecule has 1 fully saturated rings. The van der Waals surface area contributed by atoms with Crippen molar-refractivity contribution in [1.29, 1.82) is 0 Å². The highest BCUT2D eigenvalue weighted by Crippen LogP contribution is 2.37. The molecule has 0 bridgehead atoms. The van der Waals surface area contributed by atoms with Gasteiger partial charge in [-0.2, -0.15) is 0 Å². The lowest BCUT2D eigenvalue weighted by Gasteiger charge is -2.32. The molecule has 0 aliphatic carbocycles. The van der Waals surface area contributed by atoms with Crippen LogP contribution in [0.3, 0.4) is 0 Å². The van der Waals surface area contributed by atoms with E-state index in [4.69, 9.17) is 16.3 Å². The van der Waals surface area contributed by atoms with Gasteiger partial charge < -0.3 is 10.1 Å². The van der Waals surface area contributed by atoms with Crippen LogP contribution in [-0.4, -0.2) is 38.2 Å². The minimum atomic E-state index is 0.114. The Balaban J connectivity index is 1.85. The van der Waals surface area contributed by atoms with Gasteiger partial charge in [-0.25, -0.2) is 0 Å². The van der Waals surface area contributed by atoms with Gasteiger partial charge in [0.1, 0.15) is 5.75 Å². The fraction of sp³-hybridized carbons (Fsp3) is 0.304. The van der Waals surface area contributed by atoms with Gasteiger partial charge in [0, 0.05) is 30.2 Å². The summed E-state index contributed by atoms with van der Waals surface area (Å²) in [6.07, 6.45) is 1.13. The first kappa shape index (κ1) is 18.3. The molecule has 0 aromatic heterocycles. The summed E-state index contributed by atoms with van der Waals surface area (Å²) in [4.78, 5) is 2.54. The molecule has 3 nitrogen and oxygen atoms in total. The van der Waals surface area contributed by atoms with E-state index >= 15 is 0 Å². The van der Waals surface area contributed by atoms with E-state index in [0.717, 1.165) is 48.9 Å². The molecule has 3 aromatic carbocycles. The van der Waals surface area contributed by atoms with Gasteiger partial charge in [-0.05, 0) is 53.6 Å². The van der Waals surface area contributed by atoms with E-state index in [1.54, 1.807) is 7.11 Å². The summed E-state index contributed by atoms with van der Waals surface area (Å²) in [5.74, 6) is 0.884. The summed E-state index contributed by atoms with van der Waals surface area (Å²) in [5.41, 5.74) is 2.40. The third-order valence-electron chi connectivity index (χ3n) is 5.32. The Bertz CT molecular complexity index is 919. The largest absolute Gasteiger partial charge is 0.496 e. The van der Waals surface area contributed by atoms with Crippen LogP contribution in [0.25, 0.3) is 10.8 Å². The molecule has 1 atom stereocenters. The molecule has 3 aromatic rings. The van der Waals surface area contributed by atoms with Crippen molar-refractivity contribution in [3.8, 4) is 5.75 Å². The first-order valence-corrected chi connectivity index (χ1v) is 9.91. The minimum Gasteiger partial charge on any atom is -0.496 e. The normalized spacial score (nSPS) is 16.8. The Morgan fingerprint density at radius 2 is 1.81 bits per heavy atom. The molecule has 1 heterocycles. The van der Waals surface area contributed by atoms with Gasteiger partial charge in [-0.15, -0.1) is 0 Å². The van der Waals surface area contributed by atoms with Crippen LogP contribution in [0.5, 0.6) is 5.75 Å². The second-order valence-electron chi connectivity index (χ2n) is 7.03. The van der Waals surface area contributed by atoms with Crippen LogP contribution in [-0.2, 0) is 0 Å². The van der Waals surface area contributed by atoms with E-state index in [1.807, 2.05) is 12.1 Å². The highest BCUT2D eigenvalue weighted by atomic mass is 35.5. The lowest BCUT2D eigenvalue weighted by atomic mass is 9.94. The molecule has 4 rings (SSSR count). The predicted molar refractivity (Wildman–Crippen MR) is 113 cm³/mol. The van der Waals surface area contributed by atoms with Crippen LogP contribution >= 0.6 is 11.6 Å². The zero-order valence-electron chi connectivity index (χ0n) is 15.6. The number of benzene rings is 3. The number of nitrogens with one attached hydrogen (secondary N) is 1. The van der Waals surface area contributed by atoms with E-state index in [-0.39, 0.29) is 6.04 Å². The van der Waals surface area contributed by atoms with Crippen molar-refractivity contribution in [3.63, 3.8) is 0 Å². The maximum atomic E-state index is 6.39. The number of hydrogen-bond donors (Lipinski definition) is 1. The smallest absolute Gasteiger partial charge is 0.124 e. The number of fused-ring (bicyclic) bond motifs is 1. The molecule has 1 unspecified atom stereocenters. The first-order chi connectivity index (χ1) is 13.3. The van der Waals surface area contributed by atoms with E-state index < -0.39 is 0 Å². The zero-order chi connectivity index (χ0) is 18.6. The second-order valence-corrected chi connectivity index (χ2v) is 7.47. The molecule has 1 aliphatic rings. The lowest BCUT2D eigenvalue weighted by Crippen LogP contribution is -2.33. The van der Waals surface area contributed by atoms with Crippen LogP contribution in [0, 0.1) is 0 Å². The van der Waals surface area contributed by atoms with Gasteiger partial charge in [0.25, 0.3) is 0 Å². The number of halogens is 1. The molecule has 0 amide bonds. The van der Waals surface area contributed by atoms with Gasteiger partial charge >= 0.3 is 0 Å². The molecule has 1 saturated heterocycles. The summed E-state index contributed by atoms with van der Waals surface area (Å²) < 4.78 is 5.71. The Labute approximate surface area is 165 Å². The van der Waals surface area contributed by atoms with Crippen LogP contribution < -0.4 is 10.1 Å². The fourth-order valence-corrected chi connectivity index (χ4v) is 4.19. The molecule has 1 aliphatic heterocycles. The van der Waals surface area contributed by atoms with Gasteiger partial charge in [-0.3, -0.25) is 4.90 Å². The van der Waals surface area contributed by atoms with Crippen molar-refractivity contribution in [2.75, 3.05) is 33.3 Å². The second kappa shape index (κ2) is 8.30. The van der Waals surface area contributed by atoms with E-state index in [1.165, 1.54) is 16.3 Å². The van der Waals surface area contributed by atoms with E-state index in [0.29, 0.717) is 0 Å². The first-order valence-electron chi connectivity index (χ1n) is 9.53. The summed E-state index contributed by atoms with van der Waals surface area (Å²) in [6.45, 7) is 4.09.